The van der Waals surface area contributed by atoms with E-state index in [0.717, 1.165) is 11.1 Å². The first-order valence-corrected chi connectivity index (χ1v) is 8.32. The van der Waals surface area contributed by atoms with E-state index in [-0.39, 0.29) is 17.9 Å². The molecule has 0 bridgehead atoms. The normalized spacial score (nSPS) is 18.1. The van der Waals surface area contributed by atoms with Gasteiger partial charge in [-0.3, -0.25) is 0 Å². The fourth-order valence-corrected chi connectivity index (χ4v) is 4.16. The zero-order chi connectivity index (χ0) is 15.1. The van der Waals surface area contributed by atoms with Gasteiger partial charge in [0, 0.05) is 25.6 Å². The van der Waals surface area contributed by atoms with Crippen LogP contribution in [0.3, 0.4) is 0 Å². The summed E-state index contributed by atoms with van der Waals surface area (Å²) in [5.41, 5.74) is 1.70. The number of aliphatic hydroxyl groups excluding tert-OH is 1. The van der Waals surface area contributed by atoms with Crippen molar-refractivity contribution in [2.45, 2.75) is 38.0 Å². The number of aliphatic hydroxyl groups is 1. The molecule has 20 heavy (non-hydrogen) atoms. The van der Waals surface area contributed by atoms with Gasteiger partial charge in [0.15, 0.2) is 0 Å². The highest BCUT2D eigenvalue weighted by Gasteiger charge is 2.37. The van der Waals surface area contributed by atoms with Crippen molar-refractivity contribution in [2.75, 3.05) is 19.7 Å². The van der Waals surface area contributed by atoms with Gasteiger partial charge in [-0.15, -0.1) is 0 Å². The number of rotatable bonds is 3. The highest BCUT2D eigenvalue weighted by Crippen LogP contribution is 2.30. The lowest BCUT2D eigenvalue weighted by atomic mass is 9.87. The Hall–Kier alpha value is -0.910. The summed E-state index contributed by atoms with van der Waals surface area (Å²) in [7, 11) is -3.44. The molecule has 1 aliphatic heterocycles. The van der Waals surface area contributed by atoms with Gasteiger partial charge < -0.3 is 5.11 Å². The zero-order valence-electron chi connectivity index (χ0n) is 12.5. The van der Waals surface area contributed by atoms with Gasteiger partial charge in [0.05, 0.1) is 4.90 Å². The molecule has 112 valence electrons. The second-order valence-corrected chi connectivity index (χ2v) is 8.51. The Balaban J connectivity index is 2.37. The van der Waals surface area contributed by atoms with Crippen LogP contribution in [0.5, 0.6) is 0 Å². The molecule has 1 aromatic rings. The van der Waals surface area contributed by atoms with E-state index in [9.17, 15) is 8.42 Å². The number of aryl methyl sites for hydroxylation is 1. The van der Waals surface area contributed by atoms with Crippen molar-refractivity contribution >= 4 is 10.0 Å². The molecule has 0 amide bonds. The molecule has 1 aliphatic rings. The molecule has 1 aromatic carbocycles. The molecule has 1 saturated heterocycles. The first-order chi connectivity index (χ1) is 9.16. The minimum atomic E-state index is -3.44. The van der Waals surface area contributed by atoms with Gasteiger partial charge >= 0.3 is 0 Å². The molecule has 0 aromatic heterocycles. The van der Waals surface area contributed by atoms with Crippen LogP contribution in [-0.2, 0) is 15.4 Å². The van der Waals surface area contributed by atoms with Crippen molar-refractivity contribution < 1.29 is 13.5 Å². The van der Waals surface area contributed by atoms with Crippen LogP contribution in [0.15, 0.2) is 23.1 Å². The summed E-state index contributed by atoms with van der Waals surface area (Å²) in [5, 5.41) is 9.02. The Labute approximate surface area is 121 Å². The number of hydrogen-bond donors (Lipinski definition) is 1. The summed E-state index contributed by atoms with van der Waals surface area (Å²) in [6.45, 7) is 8.91. The van der Waals surface area contributed by atoms with Gasteiger partial charge in [0.2, 0.25) is 10.0 Å². The van der Waals surface area contributed by atoms with Gasteiger partial charge in [-0.2, -0.15) is 4.31 Å². The SMILES string of the molecule is Cc1ccc(C(C)(C)C)cc1S(=O)(=O)N1CC(CO)C1. The molecule has 0 aliphatic carbocycles. The van der Waals surface area contributed by atoms with Crippen LogP contribution < -0.4 is 0 Å². The summed E-state index contributed by atoms with van der Waals surface area (Å²) in [4.78, 5) is 0.390. The van der Waals surface area contributed by atoms with Gasteiger partial charge in [-0.25, -0.2) is 8.42 Å². The smallest absolute Gasteiger partial charge is 0.243 e. The lowest BCUT2D eigenvalue weighted by Crippen LogP contribution is -2.51. The quantitative estimate of drug-likeness (QED) is 0.927. The second kappa shape index (κ2) is 5.13. The molecule has 0 unspecified atom stereocenters. The number of benzene rings is 1. The average Bonchev–Trinajstić information content (AvgIpc) is 2.25. The largest absolute Gasteiger partial charge is 0.396 e. The molecular weight excluding hydrogens is 274 g/mol. The fraction of sp³-hybridized carbons (Fsp3) is 0.600. The van der Waals surface area contributed by atoms with Crippen LogP contribution in [0.25, 0.3) is 0 Å². The van der Waals surface area contributed by atoms with E-state index >= 15 is 0 Å². The van der Waals surface area contributed by atoms with Crippen LogP contribution in [-0.4, -0.2) is 37.5 Å². The maximum Gasteiger partial charge on any atom is 0.243 e. The first-order valence-electron chi connectivity index (χ1n) is 6.88. The van der Waals surface area contributed by atoms with E-state index in [2.05, 4.69) is 20.8 Å². The average molecular weight is 297 g/mol. The van der Waals surface area contributed by atoms with Gasteiger partial charge in [0.1, 0.15) is 0 Å². The Morgan fingerprint density at radius 1 is 1.30 bits per heavy atom. The molecule has 4 nitrogen and oxygen atoms in total. The third-order valence-electron chi connectivity index (χ3n) is 3.85. The fourth-order valence-electron chi connectivity index (χ4n) is 2.32. The third kappa shape index (κ3) is 2.75. The Morgan fingerprint density at radius 2 is 1.90 bits per heavy atom. The van der Waals surface area contributed by atoms with Crippen molar-refractivity contribution in [3.8, 4) is 0 Å². The Kier molecular flexibility index (Phi) is 3.97. The summed E-state index contributed by atoms with van der Waals surface area (Å²) in [6.07, 6.45) is 0. The third-order valence-corrected chi connectivity index (χ3v) is 5.83. The van der Waals surface area contributed by atoms with E-state index in [1.165, 1.54) is 4.31 Å². The van der Waals surface area contributed by atoms with Crippen LogP contribution in [0.1, 0.15) is 31.9 Å². The van der Waals surface area contributed by atoms with Crippen molar-refractivity contribution in [2.24, 2.45) is 5.92 Å². The van der Waals surface area contributed by atoms with E-state index in [1.807, 2.05) is 19.1 Å². The lowest BCUT2D eigenvalue weighted by molar-refractivity contribution is 0.117. The first kappa shape index (κ1) is 15.5. The van der Waals surface area contributed by atoms with Crippen LogP contribution in [0.4, 0.5) is 0 Å². The van der Waals surface area contributed by atoms with Crippen LogP contribution in [0.2, 0.25) is 0 Å². The van der Waals surface area contributed by atoms with Gasteiger partial charge in [-0.1, -0.05) is 32.9 Å². The summed E-state index contributed by atoms with van der Waals surface area (Å²) in [6, 6.07) is 5.65. The predicted molar refractivity (Wildman–Crippen MR) is 79.2 cm³/mol. The van der Waals surface area contributed by atoms with Crippen LogP contribution >= 0.6 is 0 Å². The summed E-state index contributed by atoms with van der Waals surface area (Å²) in [5.74, 6) is 0.0795. The topological polar surface area (TPSA) is 57.6 Å². The minimum Gasteiger partial charge on any atom is -0.396 e. The molecule has 2 rings (SSSR count). The molecule has 5 heteroatoms. The summed E-state index contributed by atoms with van der Waals surface area (Å²) < 4.78 is 26.7. The van der Waals surface area contributed by atoms with Crippen LogP contribution in [0, 0.1) is 12.8 Å². The van der Waals surface area contributed by atoms with E-state index in [1.54, 1.807) is 6.07 Å². The lowest BCUT2D eigenvalue weighted by Gasteiger charge is -2.37. The Bertz CT molecular complexity index is 596. The second-order valence-electron chi connectivity index (χ2n) is 6.60. The molecule has 0 radical (unpaired) electrons. The highest BCUT2D eigenvalue weighted by molar-refractivity contribution is 7.89. The van der Waals surface area contributed by atoms with Crippen molar-refractivity contribution in [3.63, 3.8) is 0 Å². The summed E-state index contributed by atoms with van der Waals surface area (Å²) >= 11 is 0. The molecule has 0 spiro atoms. The molecule has 1 N–H and O–H groups in total. The van der Waals surface area contributed by atoms with E-state index in [0.29, 0.717) is 18.0 Å². The van der Waals surface area contributed by atoms with Gasteiger partial charge in [-0.05, 0) is 29.5 Å². The number of sulfonamides is 1. The van der Waals surface area contributed by atoms with Crippen molar-refractivity contribution in [1.29, 1.82) is 0 Å². The zero-order valence-corrected chi connectivity index (χ0v) is 13.4. The predicted octanol–water partition coefficient (Wildman–Crippen LogP) is 1.91. The molecular formula is C15H23NO3S. The Morgan fingerprint density at radius 3 is 2.40 bits per heavy atom. The monoisotopic (exact) mass is 297 g/mol. The van der Waals surface area contributed by atoms with Gasteiger partial charge in [0.25, 0.3) is 0 Å². The molecule has 0 atom stereocenters. The minimum absolute atomic E-state index is 0.0486. The van der Waals surface area contributed by atoms with E-state index < -0.39 is 10.0 Å². The van der Waals surface area contributed by atoms with E-state index in [4.69, 9.17) is 5.11 Å². The maximum absolute atomic E-state index is 12.6. The van der Waals surface area contributed by atoms with Crippen molar-refractivity contribution in [1.82, 2.24) is 4.31 Å². The molecule has 1 heterocycles. The van der Waals surface area contributed by atoms with Crippen molar-refractivity contribution in [3.05, 3.63) is 29.3 Å². The maximum atomic E-state index is 12.6. The standard InChI is InChI=1S/C15H23NO3S/c1-11-5-6-13(15(2,3)4)7-14(11)20(18,19)16-8-12(9-16)10-17/h5-7,12,17H,8-10H2,1-4H3. The highest BCUT2D eigenvalue weighted by atomic mass is 32.2. The molecule has 0 saturated carbocycles. The molecule has 1 fully saturated rings. The number of nitrogens with zero attached hydrogens (tertiary/aromatic N) is 1. The number of hydrogen-bond acceptors (Lipinski definition) is 3.